The molecule has 0 aromatic heterocycles. The van der Waals surface area contributed by atoms with E-state index >= 15 is 0 Å². The second-order valence-electron chi connectivity index (χ2n) is 4.33. The van der Waals surface area contributed by atoms with Crippen LogP contribution >= 0.6 is 0 Å². The summed E-state index contributed by atoms with van der Waals surface area (Å²) in [5, 5.41) is 13.2. The molecule has 1 saturated heterocycles. The van der Waals surface area contributed by atoms with Crippen molar-refractivity contribution in [2.45, 2.75) is 32.2 Å². The molecule has 102 valence electrons. The molecule has 0 aliphatic carbocycles. The van der Waals surface area contributed by atoms with Crippen molar-refractivity contribution >= 4 is 17.9 Å². The zero-order chi connectivity index (χ0) is 13.5. The predicted octanol–water partition coefficient (Wildman–Crippen LogP) is -0.229. The number of likely N-dealkylation sites (tertiary alicyclic amines) is 1. The van der Waals surface area contributed by atoms with Gasteiger partial charge < -0.3 is 20.6 Å². The van der Waals surface area contributed by atoms with Gasteiger partial charge in [0.2, 0.25) is 5.91 Å². The molecule has 1 fully saturated rings. The molecule has 0 radical (unpaired) electrons. The zero-order valence-electron chi connectivity index (χ0n) is 10.4. The summed E-state index contributed by atoms with van der Waals surface area (Å²) in [6, 6.07) is -1.62. The van der Waals surface area contributed by atoms with Crippen molar-refractivity contribution in [2.24, 2.45) is 0 Å². The van der Waals surface area contributed by atoms with Gasteiger partial charge in [0.05, 0.1) is 6.54 Å². The van der Waals surface area contributed by atoms with Gasteiger partial charge in [0, 0.05) is 13.1 Å². The van der Waals surface area contributed by atoms with Gasteiger partial charge in [0.25, 0.3) is 0 Å². The lowest BCUT2D eigenvalue weighted by Gasteiger charge is -2.26. The number of carbonyl (C=O) groups excluding carboxylic acids is 2. The van der Waals surface area contributed by atoms with Crippen LogP contribution in [0.1, 0.15) is 26.2 Å². The summed E-state index contributed by atoms with van der Waals surface area (Å²) in [5.74, 6) is -1.25. The molecular weight excluding hydrogens is 238 g/mol. The average Bonchev–Trinajstić information content (AvgIpc) is 2.36. The number of nitrogens with one attached hydrogen (secondary N) is 2. The molecule has 18 heavy (non-hydrogen) atoms. The molecule has 1 aliphatic rings. The fourth-order valence-corrected chi connectivity index (χ4v) is 1.72. The zero-order valence-corrected chi connectivity index (χ0v) is 10.4. The topological polar surface area (TPSA) is 98.7 Å². The largest absolute Gasteiger partial charge is 0.480 e. The fourth-order valence-electron chi connectivity index (χ4n) is 1.72. The third-order valence-corrected chi connectivity index (χ3v) is 2.83. The van der Waals surface area contributed by atoms with Crippen LogP contribution in [-0.4, -0.2) is 53.6 Å². The van der Waals surface area contributed by atoms with Gasteiger partial charge in [-0.2, -0.15) is 0 Å². The van der Waals surface area contributed by atoms with Gasteiger partial charge in [0.15, 0.2) is 0 Å². The molecule has 7 nitrogen and oxygen atoms in total. The molecule has 1 aliphatic heterocycles. The summed E-state index contributed by atoms with van der Waals surface area (Å²) in [6.45, 7) is 2.72. The first-order valence-corrected chi connectivity index (χ1v) is 6.05. The Morgan fingerprint density at radius 1 is 1.22 bits per heavy atom. The Morgan fingerprint density at radius 3 is 2.39 bits per heavy atom. The maximum absolute atomic E-state index is 11.7. The molecule has 0 aromatic rings. The van der Waals surface area contributed by atoms with Gasteiger partial charge in [-0.3, -0.25) is 9.59 Å². The standard InChI is InChI=1S/C11H19N3O4/c1-8(10(16)17)13-11(18)12-7-9(15)14-5-3-2-4-6-14/h8H,2-7H2,1H3,(H,16,17)(H2,12,13,18). The predicted molar refractivity (Wildman–Crippen MR) is 64.1 cm³/mol. The van der Waals surface area contributed by atoms with Crippen molar-refractivity contribution in [3.8, 4) is 0 Å². The highest BCUT2D eigenvalue weighted by Crippen LogP contribution is 2.08. The van der Waals surface area contributed by atoms with Gasteiger partial charge >= 0.3 is 12.0 Å². The number of piperidine rings is 1. The molecule has 0 spiro atoms. The van der Waals surface area contributed by atoms with Crippen LogP contribution in [0.2, 0.25) is 0 Å². The van der Waals surface area contributed by atoms with Crippen molar-refractivity contribution in [1.82, 2.24) is 15.5 Å². The monoisotopic (exact) mass is 257 g/mol. The summed E-state index contributed by atoms with van der Waals surface area (Å²) in [6.07, 6.45) is 3.12. The summed E-state index contributed by atoms with van der Waals surface area (Å²) in [4.78, 5) is 35.2. The first kappa shape index (κ1) is 14.3. The fraction of sp³-hybridized carbons (Fsp3) is 0.727. The number of nitrogens with zero attached hydrogens (tertiary/aromatic N) is 1. The molecule has 1 unspecified atom stereocenters. The molecule has 0 saturated carbocycles. The van der Waals surface area contributed by atoms with E-state index < -0.39 is 18.0 Å². The number of carboxylic acid groups (broad SMARTS) is 1. The lowest BCUT2D eigenvalue weighted by Crippen LogP contribution is -2.48. The maximum atomic E-state index is 11.7. The van der Waals surface area contributed by atoms with Gasteiger partial charge in [-0.25, -0.2) is 4.79 Å². The Kier molecular flexibility index (Phi) is 5.41. The Bertz CT molecular complexity index is 326. The molecule has 7 heteroatoms. The molecule has 0 aromatic carbocycles. The second kappa shape index (κ2) is 6.83. The summed E-state index contributed by atoms with van der Waals surface area (Å²) >= 11 is 0. The molecule has 1 atom stereocenters. The minimum Gasteiger partial charge on any atom is -0.480 e. The first-order valence-electron chi connectivity index (χ1n) is 6.05. The average molecular weight is 257 g/mol. The number of carbonyl (C=O) groups is 3. The molecule has 1 rings (SSSR count). The van der Waals surface area contributed by atoms with Crippen molar-refractivity contribution in [3.63, 3.8) is 0 Å². The number of urea groups is 1. The van der Waals surface area contributed by atoms with Crippen molar-refractivity contribution in [3.05, 3.63) is 0 Å². The minimum absolute atomic E-state index is 0.0990. The number of amides is 3. The Hall–Kier alpha value is -1.79. The number of hydrogen-bond donors (Lipinski definition) is 3. The van der Waals surface area contributed by atoms with Crippen molar-refractivity contribution < 1.29 is 19.5 Å². The van der Waals surface area contributed by atoms with Crippen molar-refractivity contribution in [2.75, 3.05) is 19.6 Å². The summed E-state index contributed by atoms with van der Waals surface area (Å²) in [5.41, 5.74) is 0. The van der Waals surface area contributed by atoms with E-state index in [9.17, 15) is 14.4 Å². The number of rotatable bonds is 4. The van der Waals surface area contributed by atoms with E-state index in [1.165, 1.54) is 6.92 Å². The van der Waals surface area contributed by atoms with E-state index in [1.54, 1.807) is 4.90 Å². The third kappa shape index (κ3) is 4.60. The van der Waals surface area contributed by atoms with E-state index in [-0.39, 0.29) is 12.5 Å². The summed E-state index contributed by atoms with van der Waals surface area (Å²) in [7, 11) is 0. The lowest BCUT2D eigenvalue weighted by molar-refractivity contribution is -0.138. The highest BCUT2D eigenvalue weighted by Gasteiger charge is 2.18. The molecule has 3 N–H and O–H groups in total. The normalized spacial score (nSPS) is 16.8. The highest BCUT2D eigenvalue weighted by atomic mass is 16.4. The van der Waals surface area contributed by atoms with Crippen LogP contribution in [0.3, 0.4) is 0 Å². The van der Waals surface area contributed by atoms with E-state index in [2.05, 4.69) is 10.6 Å². The van der Waals surface area contributed by atoms with E-state index in [1.807, 2.05) is 0 Å². The first-order chi connectivity index (χ1) is 8.50. The molecule has 3 amide bonds. The van der Waals surface area contributed by atoms with Crippen LogP contribution < -0.4 is 10.6 Å². The third-order valence-electron chi connectivity index (χ3n) is 2.83. The molecule has 1 heterocycles. The van der Waals surface area contributed by atoms with Crippen LogP contribution in [-0.2, 0) is 9.59 Å². The van der Waals surface area contributed by atoms with E-state index in [4.69, 9.17) is 5.11 Å². The van der Waals surface area contributed by atoms with Crippen molar-refractivity contribution in [1.29, 1.82) is 0 Å². The number of aliphatic carboxylic acids is 1. The lowest BCUT2D eigenvalue weighted by atomic mass is 10.1. The smallest absolute Gasteiger partial charge is 0.325 e. The second-order valence-corrected chi connectivity index (χ2v) is 4.33. The number of hydrogen-bond acceptors (Lipinski definition) is 3. The SMILES string of the molecule is CC(NC(=O)NCC(=O)N1CCCCC1)C(=O)O. The van der Waals surface area contributed by atoms with Gasteiger partial charge in [-0.15, -0.1) is 0 Å². The minimum atomic E-state index is -1.12. The van der Waals surface area contributed by atoms with Crippen LogP contribution in [0.15, 0.2) is 0 Å². The Morgan fingerprint density at radius 2 is 1.83 bits per heavy atom. The Balaban J connectivity index is 2.25. The van der Waals surface area contributed by atoms with Crippen LogP contribution in [0.5, 0.6) is 0 Å². The van der Waals surface area contributed by atoms with Crippen LogP contribution in [0.25, 0.3) is 0 Å². The van der Waals surface area contributed by atoms with E-state index in [0.717, 1.165) is 32.4 Å². The number of carboxylic acids is 1. The molecular formula is C11H19N3O4. The van der Waals surface area contributed by atoms with Crippen LogP contribution in [0.4, 0.5) is 4.79 Å². The molecule has 0 bridgehead atoms. The maximum Gasteiger partial charge on any atom is 0.325 e. The van der Waals surface area contributed by atoms with Gasteiger partial charge in [-0.1, -0.05) is 0 Å². The van der Waals surface area contributed by atoms with Gasteiger partial charge in [-0.05, 0) is 26.2 Å². The Labute approximate surface area is 106 Å². The van der Waals surface area contributed by atoms with E-state index in [0.29, 0.717) is 0 Å². The van der Waals surface area contributed by atoms with Crippen LogP contribution in [0, 0.1) is 0 Å². The highest BCUT2D eigenvalue weighted by molar-refractivity contribution is 5.86. The quantitative estimate of drug-likeness (QED) is 0.648. The summed E-state index contributed by atoms with van der Waals surface area (Å²) < 4.78 is 0. The van der Waals surface area contributed by atoms with Gasteiger partial charge in [0.1, 0.15) is 6.04 Å².